The summed E-state index contributed by atoms with van der Waals surface area (Å²) >= 11 is 0. The van der Waals surface area contributed by atoms with Crippen molar-refractivity contribution in [2.75, 3.05) is 20.1 Å². The van der Waals surface area contributed by atoms with Crippen molar-refractivity contribution >= 4 is 5.71 Å². The Balaban J connectivity index is 2.17. The number of fused-ring (bicyclic) bond motifs is 1. The maximum absolute atomic E-state index is 9.88. The van der Waals surface area contributed by atoms with Crippen LogP contribution in [0, 0.1) is 56.7 Å². The molecule has 1 aromatic rings. The van der Waals surface area contributed by atoms with Crippen molar-refractivity contribution in [1.29, 1.82) is 21.2 Å². The van der Waals surface area contributed by atoms with Crippen molar-refractivity contribution in [2.45, 2.75) is 25.7 Å². The summed E-state index contributed by atoms with van der Waals surface area (Å²) in [6, 6.07) is 14.7. The summed E-state index contributed by atoms with van der Waals surface area (Å²) in [5.74, 6) is -0.662. The molecule has 0 amide bonds. The summed E-state index contributed by atoms with van der Waals surface area (Å²) < 4.78 is 0. The summed E-state index contributed by atoms with van der Waals surface area (Å²) in [6.07, 6.45) is 1.95. The molecule has 0 spiro atoms. The van der Waals surface area contributed by atoms with E-state index in [1.807, 2.05) is 18.2 Å². The lowest BCUT2D eigenvalue weighted by molar-refractivity contribution is -0.878. The Morgan fingerprint density at radius 1 is 1.15 bits per heavy atom. The zero-order valence-electron chi connectivity index (χ0n) is 16.0. The maximum atomic E-state index is 9.88. The van der Waals surface area contributed by atoms with E-state index in [2.05, 4.69) is 51.2 Å². The third-order valence-electron chi connectivity index (χ3n) is 6.04. The van der Waals surface area contributed by atoms with Gasteiger partial charge in [-0.25, -0.2) is 0 Å². The molecule has 1 aliphatic carbocycles. The molecule has 1 aromatic carbocycles. The van der Waals surface area contributed by atoms with Gasteiger partial charge in [-0.15, -0.1) is 0 Å². The molecule has 1 fully saturated rings. The highest BCUT2D eigenvalue weighted by Crippen LogP contribution is 2.51. The van der Waals surface area contributed by atoms with Crippen molar-refractivity contribution in [3.63, 3.8) is 0 Å². The highest BCUT2D eigenvalue weighted by Gasteiger charge is 2.57. The minimum absolute atomic E-state index is 0.0741. The quantitative estimate of drug-likeness (QED) is 0.792. The Bertz CT molecular complexity index is 890. The number of nitrogens with zero attached hydrogens (tertiary/aromatic N) is 3. The number of rotatable bonds is 2. The smallest absolute Gasteiger partial charge is 0.203 e. The first-order valence-electron chi connectivity index (χ1n) is 9.32. The van der Waals surface area contributed by atoms with Crippen LogP contribution in [-0.4, -0.2) is 25.8 Å². The molecule has 2 N–H and O–H groups in total. The van der Waals surface area contributed by atoms with Crippen LogP contribution in [0.3, 0.4) is 0 Å². The third kappa shape index (κ3) is 2.84. The van der Waals surface area contributed by atoms with Gasteiger partial charge in [0.15, 0.2) is 0 Å². The average Bonchev–Trinajstić information content (AvgIpc) is 2.67. The molecule has 0 aromatic heterocycles. The molecule has 136 valence electrons. The van der Waals surface area contributed by atoms with Crippen molar-refractivity contribution in [1.82, 2.24) is 0 Å². The van der Waals surface area contributed by atoms with Crippen LogP contribution in [0.25, 0.3) is 0 Å². The van der Waals surface area contributed by atoms with Crippen LogP contribution in [0.2, 0.25) is 0 Å². The molecule has 2 aliphatic rings. The van der Waals surface area contributed by atoms with Crippen molar-refractivity contribution < 1.29 is 4.90 Å². The largest absolute Gasteiger partial charge is 0.334 e. The second kappa shape index (κ2) is 6.99. The van der Waals surface area contributed by atoms with Crippen molar-refractivity contribution in [3.8, 4) is 18.2 Å². The van der Waals surface area contributed by atoms with Crippen LogP contribution >= 0.6 is 0 Å². The molecule has 0 radical (unpaired) electrons. The SMILES string of the molecule is CC(C)c1ccc([C@@H]2C(C#N)C(=N)C(C#N)(C#N)C3=CC[NH+](C)C[C@@H]32)cc1. The Morgan fingerprint density at radius 2 is 1.78 bits per heavy atom. The number of hydrogen-bond donors (Lipinski definition) is 2. The van der Waals surface area contributed by atoms with E-state index in [1.54, 1.807) is 0 Å². The maximum Gasteiger partial charge on any atom is 0.203 e. The fourth-order valence-corrected chi connectivity index (χ4v) is 4.50. The van der Waals surface area contributed by atoms with Gasteiger partial charge in [0.1, 0.15) is 0 Å². The summed E-state index contributed by atoms with van der Waals surface area (Å²) in [7, 11) is 2.08. The summed E-state index contributed by atoms with van der Waals surface area (Å²) in [5, 5.41) is 38.1. The molecule has 1 heterocycles. The Kier molecular flexibility index (Phi) is 4.88. The molecule has 5 heteroatoms. The van der Waals surface area contributed by atoms with E-state index in [0.717, 1.165) is 18.7 Å². The van der Waals surface area contributed by atoms with E-state index >= 15 is 0 Å². The molecule has 5 nitrogen and oxygen atoms in total. The Labute approximate surface area is 160 Å². The number of nitrogens with one attached hydrogen (secondary N) is 2. The lowest BCUT2D eigenvalue weighted by Crippen LogP contribution is -3.10. The van der Waals surface area contributed by atoms with E-state index in [9.17, 15) is 15.8 Å². The van der Waals surface area contributed by atoms with Crippen LogP contribution < -0.4 is 4.90 Å². The van der Waals surface area contributed by atoms with E-state index in [4.69, 9.17) is 5.41 Å². The van der Waals surface area contributed by atoms with E-state index in [1.165, 1.54) is 10.5 Å². The van der Waals surface area contributed by atoms with Gasteiger partial charge in [-0.3, -0.25) is 0 Å². The first-order valence-corrected chi connectivity index (χ1v) is 9.32. The number of likely N-dealkylation sites (N-methyl/N-ethyl adjacent to an activating group) is 1. The van der Waals surface area contributed by atoms with Crippen LogP contribution in [0.4, 0.5) is 0 Å². The zero-order chi connectivity index (χ0) is 19.8. The summed E-state index contributed by atoms with van der Waals surface area (Å²) in [5.41, 5.74) is 1.26. The minimum Gasteiger partial charge on any atom is -0.334 e. The predicted octanol–water partition coefficient (Wildman–Crippen LogP) is 2.17. The molecule has 1 saturated carbocycles. The lowest BCUT2D eigenvalue weighted by atomic mass is 9.55. The number of hydrogen-bond acceptors (Lipinski definition) is 4. The van der Waals surface area contributed by atoms with Crippen LogP contribution in [-0.2, 0) is 0 Å². The molecule has 0 saturated heterocycles. The van der Waals surface area contributed by atoms with Gasteiger partial charge >= 0.3 is 0 Å². The van der Waals surface area contributed by atoms with Crippen LogP contribution in [0.15, 0.2) is 35.9 Å². The van der Waals surface area contributed by atoms with Gasteiger partial charge in [0.25, 0.3) is 0 Å². The monoisotopic (exact) mass is 358 g/mol. The van der Waals surface area contributed by atoms with Gasteiger partial charge in [0.2, 0.25) is 5.41 Å². The van der Waals surface area contributed by atoms with E-state index in [0.29, 0.717) is 11.5 Å². The van der Waals surface area contributed by atoms with Gasteiger partial charge in [0.05, 0.1) is 50.0 Å². The van der Waals surface area contributed by atoms with Gasteiger partial charge in [-0.1, -0.05) is 38.1 Å². The van der Waals surface area contributed by atoms with E-state index < -0.39 is 11.3 Å². The zero-order valence-corrected chi connectivity index (χ0v) is 16.0. The Hall–Kier alpha value is -2.94. The van der Waals surface area contributed by atoms with Gasteiger partial charge < -0.3 is 10.3 Å². The molecule has 0 bridgehead atoms. The number of benzene rings is 1. The second-order valence-corrected chi connectivity index (χ2v) is 7.97. The van der Waals surface area contributed by atoms with E-state index in [-0.39, 0.29) is 17.5 Å². The molecule has 4 atom stereocenters. The van der Waals surface area contributed by atoms with Gasteiger partial charge in [-0.05, 0) is 28.7 Å². The van der Waals surface area contributed by atoms with Crippen LogP contribution in [0.5, 0.6) is 0 Å². The van der Waals surface area contributed by atoms with Gasteiger partial charge in [0, 0.05) is 11.8 Å². The molecular weight excluding hydrogens is 334 g/mol. The highest BCUT2D eigenvalue weighted by atomic mass is 15.1. The second-order valence-electron chi connectivity index (χ2n) is 7.97. The highest BCUT2D eigenvalue weighted by molar-refractivity contribution is 6.01. The average molecular weight is 358 g/mol. The molecule has 2 unspecified atom stereocenters. The first kappa shape index (κ1) is 18.8. The molecular formula is C22H24N5+. The van der Waals surface area contributed by atoms with Crippen molar-refractivity contribution in [2.24, 2.45) is 17.3 Å². The molecule has 27 heavy (non-hydrogen) atoms. The summed E-state index contributed by atoms with van der Waals surface area (Å²) in [6.45, 7) is 5.75. The lowest BCUT2D eigenvalue weighted by Gasteiger charge is -2.45. The first-order chi connectivity index (χ1) is 12.9. The van der Waals surface area contributed by atoms with Crippen molar-refractivity contribution in [3.05, 3.63) is 47.0 Å². The number of nitriles is 3. The third-order valence-corrected chi connectivity index (χ3v) is 6.04. The number of quaternary nitrogens is 1. The minimum atomic E-state index is -1.61. The molecule has 1 aliphatic heterocycles. The van der Waals surface area contributed by atoms with Crippen LogP contribution in [0.1, 0.15) is 36.8 Å². The normalized spacial score (nSPS) is 29.1. The summed E-state index contributed by atoms with van der Waals surface area (Å²) in [4.78, 5) is 1.28. The predicted molar refractivity (Wildman–Crippen MR) is 102 cm³/mol. The fraction of sp³-hybridized carbons (Fsp3) is 0.455. The fourth-order valence-electron chi connectivity index (χ4n) is 4.50. The standard InChI is InChI=1S/C22H23N5/c1-14(2)15-4-6-16(7-5-15)20-17(10-23)21(26)22(12-24,13-25)19-8-9-27(3)11-18(19)20/h4-8,14,17-18,20,26H,9,11H2,1-3H3/p+1/t17?,18-,20+/m0/s1. The molecule has 3 rings (SSSR count). The van der Waals surface area contributed by atoms with Gasteiger partial charge in [-0.2, -0.15) is 15.8 Å². The Morgan fingerprint density at radius 3 is 2.30 bits per heavy atom. The topological polar surface area (TPSA) is 99.7 Å².